The Morgan fingerprint density at radius 2 is 2.19 bits per heavy atom. The van der Waals surface area contributed by atoms with Gasteiger partial charge in [-0.3, -0.25) is 0 Å². The number of hydrogen-bond acceptors (Lipinski definition) is 5. The SMILES string of the molecule is COC(=O)N1C=C2NC(C)=C(C)C(=S)N2N1. The number of methoxy groups -OCH3 is 1. The van der Waals surface area contributed by atoms with Gasteiger partial charge < -0.3 is 10.1 Å². The Labute approximate surface area is 98.5 Å². The van der Waals surface area contributed by atoms with Crippen molar-refractivity contribution in [3.63, 3.8) is 0 Å². The summed E-state index contributed by atoms with van der Waals surface area (Å²) in [4.78, 5) is 11.9. The van der Waals surface area contributed by atoms with Crippen LogP contribution in [-0.2, 0) is 4.74 Å². The van der Waals surface area contributed by atoms with Gasteiger partial charge in [0, 0.05) is 11.3 Å². The second-order valence-electron chi connectivity index (χ2n) is 3.47. The third kappa shape index (κ3) is 1.54. The fourth-order valence-corrected chi connectivity index (χ4v) is 1.71. The van der Waals surface area contributed by atoms with Crippen LogP contribution in [0.15, 0.2) is 23.3 Å². The van der Waals surface area contributed by atoms with Gasteiger partial charge in [-0.15, -0.1) is 5.53 Å². The Morgan fingerprint density at radius 1 is 1.50 bits per heavy atom. The number of hydrazine groups is 2. The fourth-order valence-electron chi connectivity index (χ4n) is 1.42. The van der Waals surface area contributed by atoms with Crippen LogP contribution in [0, 0.1) is 0 Å². The molecule has 0 radical (unpaired) electrons. The van der Waals surface area contributed by atoms with Crippen molar-refractivity contribution in [1.82, 2.24) is 20.9 Å². The standard InChI is InChI=1S/C9H12N4O2S/c1-5-6(2)10-7-4-12(9(14)15-3)11-13(7)8(5)16/h4,10-11H,1-3H3. The van der Waals surface area contributed by atoms with Crippen LogP contribution in [-0.4, -0.2) is 28.2 Å². The molecule has 0 unspecified atom stereocenters. The van der Waals surface area contributed by atoms with Crippen molar-refractivity contribution in [2.24, 2.45) is 0 Å². The highest BCUT2D eigenvalue weighted by molar-refractivity contribution is 7.80. The molecule has 0 bridgehead atoms. The summed E-state index contributed by atoms with van der Waals surface area (Å²) in [7, 11) is 1.32. The Balaban J connectivity index is 2.25. The molecule has 2 aliphatic heterocycles. The second kappa shape index (κ2) is 3.76. The summed E-state index contributed by atoms with van der Waals surface area (Å²) in [6.45, 7) is 3.85. The second-order valence-corrected chi connectivity index (χ2v) is 3.86. The number of carbonyl (C=O) groups excluding carboxylic acids is 1. The minimum atomic E-state index is -0.498. The van der Waals surface area contributed by atoms with Gasteiger partial charge in [0.15, 0.2) is 0 Å². The van der Waals surface area contributed by atoms with E-state index >= 15 is 0 Å². The van der Waals surface area contributed by atoms with Crippen molar-refractivity contribution in [1.29, 1.82) is 0 Å². The maximum Gasteiger partial charge on any atom is 0.429 e. The first kappa shape index (κ1) is 10.9. The molecule has 0 aromatic heterocycles. The van der Waals surface area contributed by atoms with E-state index in [-0.39, 0.29) is 0 Å². The highest BCUT2D eigenvalue weighted by Gasteiger charge is 2.32. The number of hydrogen-bond donors (Lipinski definition) is 2. The zero-order valence-corrected chi connectivity index (χ0v) is 10.0. The van der Waals surface area contributed by atoms with Crippen LogP contribution in [0.2, 0.25) is 0 Å². The number of allylic oxidation sites excluding steroid dienone is 1. The summed E-state index contributed by atoms with van der Waals surface area (Å²) in [6, 6.07) is 0. The van der Waals surface area contributed by atoms with Gasteiger partial charge in [0.2, 0.25) is 0 Å². The maximum absolute atomic E-state index is 11.3. The molecule has 2 N–H and O–H groups in total. The lowest BCUT2D eigenvalue weighted by molar-refractivity contribution is 0.108. The molecule has 0 aromatic rings. The van der Waals surface area contributed by atoms with Gasteiger partial charge in [0.25, 0.3) is 0 Å². The van der Waals surface area contributed by atoms with E-state index in [9.17, 15) is 4.79 Å². The van der Waals surface area contributed by atoms with Crippen molar-refractivity contribution < 1.29 is 9.53 Å². The largest absolute Gasteiger partial charge is 0.452 e. The minimum Gasteiger partial charge on any atom is -0.452 e. The molecule has 2 heterocycles. The molecule has 0 aliphatic carbocycles. The fraction of sp³-hybridized carbons (Fsp3) is 0.333. The van der Waals surface area contributed by atoms with Crippen LogP contribution >= 0.6 is 12.2 Å². The summed E-state index contributed by atoms with van der Waals surface area (Å²) >= 11 is 5.26. The van der Waals surface area contributed by atoms with Crippen molar-refractivity contribution in [3.8, 4) is 0 Å². The summed E-state index contributed by atoms with van der Waals surface area (Å²) < 4.78 is 4.60. The van der Waals surface area contributed by atoms with Crippen LogP contribution < -0.4 is 10.9 Å². The lowest BCUT2D eigenvalue weighted by Crippen LogP contribution is -2.49. The molecule has 0 saturated heterocycles. The van der Waals surface area contributed by atoms with Gasteiger partial charge in [-0.2, -0.15) is 5.01 Å². The zero-order chi connectivity index (χ0) is 11.9. The molecule has 1 amide bonds. The monoisotopic (exact) mass is 240 g/mol. The van der Waals surface area contributed by atoms with E-state index in [0.29, 0.717) is 10.8 Å². The van der Waals surface area contributed by atoms with Crippen LogP contribution in [0.3, 0.4) is 0 Å². The Kier molecular flexibility index (Phi) is 2.56. The number of fused-ring (bicyclic) bond motifs is 1. The van der Waals surface area contributed by atoms with Crippen LogP contribution in [0.25, 0.3) is 0 Å². The van der Waals surface area contributed by atoms with Gasteiger partial charge in [-0.05, 0) is 13.8 Å². The predicted octanol–water partition coefficient (Wildman–Crippen LogP) is 0.813. The number of thiocarbonyl (C=S) groups is 1. The van der Waals surface area contributed by atoms with Crippen molar-refractivity contribution >= 4 is 23.3 Å². The topological polar surface area (TPSA) is 56.8 Å². The molecule has 0 atom stereocenters. The van der Waals surface area contributed by atoms with E-state index in [1.807, 2.05) is 13.8 Å². The van der Waals surface area contributed by atoms with Crippen molar-refractivity contribution in [2.75, 3.05) is 7.11 Å². The van der Waals surface area contributed by atoms with E-state index in [1.165, 1.54) is 12.1 Å². The molecule has 0 saturated carbocycles. The number of ether oxygens (including phenoxy) is 1. The first-order chi connectivity index (χ1) is 7.54. The van der Waals surface area contributed by atoms with Crippen LogP contribution in [0.1, 0.15) is 13.8 Å². The Hall–Kier alpha value is -1.60. The minimum absolute atomic E-state index is 0.498. The molecule has 2 rings (SSSR count). The Morgan fingerprint density at radius 3 is 2.81 bits per heavy atom. The summed E-state index contributed by atoms with van der Waals surface area (Å²) in [5.74, 6) is 0.707. The average Bonchev–Trinajstić information content (AvgIpc) is 2.69. The predicted molar refractivity (Wildman–Crippen MR) is 61.4 cm³/mol. The van der Waals surface area contributed by atoms with Crippen molar-refractivity contribution in [2.45, 2.75) is 13.8 Å². The molecule has 7 heteroatoms. The lowest BCUT2D eigenvalue weighted by atomic mass is 10.2. The van der Waals surface area contributed by atoms with Gasteiger partial charge in [0.05, 0.1) is 13.3 Å². The van der Waals surface area contributed by atoms with Gasteiger partial charge in [0.1, 0.15) is 10.8 Å². The smallest absolute Gasteiger partial charge is 0.429 e. The number of nitrogens with one attached hydrogen (secondary N) is 2. The van der Waals surface area contributed by atoms with E-state index in [1.54, 1.807) is 11.2 Å². The third-order valence-electron chi connectivity index (χ3n) is 2.47. The van der Waals surface area contributed by atoms with Crippen LogP contribution in [0.5, 0.6) is 0 Å². The van der Waals surface area contributed by atoms with E-state index in [4.69, 9.17) is 12.2 Å². The number of nitrogens with zero attached hydrogens (tertiary/aromatic N) is 2. The summed E-state index contributed by atoms with van der Waals surface area (Å²) in [6.07, 6.45) is 1.09. The molecule has 0 fully saturated rings. The maximum atomic E-state index is 11.3. The summed E-state index contributed by atoms with van der Waals surface area (Å²) in [5, 5.41) is 5.98. The Bertz CT molecular complexity index is 429. The molecule has 6 nitrogen and oxygen atoms in total. The number of amides is 1. The van der Waals surface area contributed by atoms with E-state index in [2.05, 4.69) is 15.6 Å². The third-order valence-corrected chi connectivity index (χ3v) is 2.96. The normalized spacial score (nSPS) is 19.4. The quantitative estimate of drug-likeness (QED) is 0.611. The number of rotatable bonds is 0. The number of carbonyl (C=O) groups is 1. The molecule has 0 spiro atoms. The molecular formula is C9H12N4O2S. The van der Waals surface area contributed by atoms with Crippen molar-refractivity contribution in [3.05, 3.63) is 23.3 Å². The van der Waals surface area contributed by atoms with Gasteiger partial charge >= 0.3 is 6.09 Å². The van der Waals surface area contributed by atoms with E-state index in [0.717, 1.165) is 11.3 Å². The van der Waals surface area contributed by atoms with E-state index < -0.39 is 6.09 Å². The highest BCUT2D eigenvalue weighted by atomic mass is 32.1. The van der Waals surface area contributed by atoms with Gasteiger partial charge in [-0.25, -0.2) is 9.80 Å². The lowest BCUT2D eigenvalue weighted by Gasteiger charge is -2.29. The zero-order valence-electron chi connectivity index (χ0n) is 9.20. The molecule has 2 aliphatic rings. The first-order valence-electron chi connectivity index (χ1n) is 4.69. The molecule has 0 aromatic carbocycles. The molecule has 86 valence electrons. The highest BCUT2D eigenvalue weighted by Crippen LogP contribution is 2.21. The van der Waals surface area contributed by atoms with Crippen LogP contribution in [0.4, 0.5) is 4.79 Å². The van der Waals surface area contributed by atoms with Gasteiger partial charge in [-0.1, -0.05) is 12.2 Å². The summed E-state index contributed by atoms with van der Waals surface area (Å²) in [5.41, 5.74) is 4.74. The molecule has 16 heavy (non-hydrogen) atoms. The molecular weight excluding hydrogens is 228 g/mol. The first-order valence-corrected chi connectivity index (χ1v) is 5.09. The average molecular weight is 240 g/mol.